The topological polar surface area (TPSA) is 66.4 Å². The quantitative estimate of drug-likeness (QED) is 0.388. The third kappa shape index (κ3) is 9.35. The highest BCUT2D eigenvalue weighted by atomic mass is 16.4. The third-order valence-corrected chi connectivity index (χ3v) is 2.20. The second-order valence-corrected chi connectivity index (χ2v) is 3.85. The van der Waals surface area contributed by atoms with E-state index in [4.69, 9.17) is 5.11 Å². The number of carbonyl (C=O) groups is 2. The molecule has 0 bridgehead atoms. The van der Waals surface area contributed by atoms with Crippen LogP contribution < -0.4 is 5.32 Å². The van der Waals surface area contributed by atoms with Gasteiger partial charge in [0.05, 0.1) is 0 Å². The molecule has 0 rings (SSSR count). The Morgan fingerprint density at radius 1 is 1.29 bits per heavy atom. The lowest BCUT2D eigenvalue weighted by Crippen LogP contribution is -2.37. The smallest absolute Gasteiger partial charge is 0.325 e. The van der Waals surface area contributed by atoms with Crippen molar-refractivity contribution in [2.75, 3.05) is 0 Å². The number of carboxylic acid groups (broad SMARTS) is 1. The van der Waals surface area contributed by atoms with Crippen molar-refractivity contribution in [1.29, 1.82) is 0 Å². The SMILES string of the molecule is CCCCC/C=C/C=C/C(=O)N[C@@H](C)C(=O)O. The summed E-state index contributed by atoms with van der Waals surface area (Å²) in [4.78, 5) is 21.7. The summed E-state index contributed by atoms with van der Waals surface area (Å²) in [6.07, 6.45) is 11.3. The molecule has 4 nitrogen and oxygen atoms in total. The number of carboxylic acids is 1. The Kier molecular flexibility index (Phi) is 8.74. The Morgan fingerprint density at radius 2 is 2.00 bits per heavy atom. The van der Waals surface area contributed by atoms with Crippen molar-refractivity contribution in [2.24, 2.45) is 0 Å². The molecular formula is C13H21NO3. The summed E-state index contributed by atoms with van der Waals surface area (Å²) in [5.74, 6) is -1.43. The van der Waals surface area contributed by atoms with Gasteiger partial charge >= 0.3 is 5.97 Å². The molecule has 0 radical (unpaired) electrons. The first kappa shape index (κ1) is 15.4. The molecule has 0 spiro atoms. The van der Waals surface area contributed by atoms with E-state index in [9.17, 15) is 9.59 Å². The first-order chi connectivity index (χ1) is 8.07. The van der Waals surface area contributed by atoms with Crippen molar-refractivity contribution >= 4 is 11.9 Å². The van der Waals surface area contributed by atoms with Gasteiger partial charge in [0.2, 0.25) is 5.91 Å². The van der Waals surface area contributed by atoms with Crippen LogP contribution in [-0.2, 0) is 9.59 Å². The summed E-state index contributed by atoms with van der Waals surface area (Å²) < 4.78 is 0. The van der Waals surface area contributed by atoms with Gasteiger partial charge in [-0.1, -0.05) is 38.0 Å². The van der Waals surface area contributed by atoms with E-state index in [2.05, 4.69) is 12.2 Å². The molecule has 0 aliphatic heterocycles. The van der Waals surface area contributed by atoms with Crippen molar-refractivity contribution < 1.29 is 14.7 Å². The summed E-state index contributed by atoms with van der Waals surface area (Å²) in [5, 5.41) is 10.9. The van der Waals surface area contributed by atoms with E-state index >= 15 is 0 Å². The monoisotopic (exact) mass is 239 g/mol. The highest BCUT2D eigenvalue weighted by Gasteiger charge is 2.11. The van der Waals surface area contributed by atoms with E-state index in [1.165, 1.54) is 25.8 Å². The van der Waals surface area contributed by atoms with Crippen molar-refractivity contribution in [3.8, 4) is 0 Å². The van der Waals surface area contributed by atoms with Crippen LogP contribution >= 0.6 is 0 Å². The summed E-state index contributed by atoms with van der Waals surface area (Å²) >= 11 is 0. The van der Waals surface area contributed by atoms with Gasteiger partial charge in [-0.3, -0.25) is 9.59 Å². The Balaban J connectivity index is 3.77. The van der Waals surface area contributed by atoms with Crippen LogP contribution in [0.15, 0.2) is 24.3 Å². The largest absolute Gasteiger partial charge is 0.480 e. The van der Waals surface area contributed by atoms with Gasteiger partial charge in [0.15, 0.2) is 0 Å². The zero-order chi connectivity index (χ0) is 13.1. The number of amides is 1. The molecule has 2 N–H and O–H groups in total. The average molecular weight is 239 g/mol. The Morgan fingerprint density at radius 3 is 2.59 bits per heavy atom. The minimum Gasteiger partial charge on any atom is -0.480 e. The molecule has 0 aliphatic rings. The maximum Gasteiger partial charge on any atom is 0.325 e. The van der Waals surface area contributed by atoms with Gasteiger partial charge < -0.3 is 10.4 Å². The van der Waals surface area contributed by atoms with Crippen LogP contribution in [0.3, 0.4) is 0 Å². The molecule has 0 heterocycles. The first-order valence-corrected chi connectivity index (χ1v) is 5.94. The van der Waals surface area contributed by atoms with E-state index in [1.54, 1.807) is 12.2 Å². The van der Waals surface area contributed by atoms with Gasteiger partial charge in [-0.2, -0.15) is 0 Å². The molecule has 1 amide bonds. The van der Waals surface area contributed by atoms with Crippen molar-refractivity contribution in [3.05, 3.63) is 24.3 Å². The van der Waals surface area contributed by atoms with Crippen molar-refractivity contribution in [2.45, 2.75) is 45.6 Å². The van der Waals surface area contributed by atoms with Crippen molar-refractivity contribution in [3.63, 3.8) is 0 Å². The summed E-state index contributed by atoms with van der Waals surface area (Å²) in [7, 11) is 0. The van der Waals surface area contributed by atoms with Gasteiger partial charge in [-0.05, 0) is 19.8 Å². The van der Waals surface area contributed by atoms with Gasteiger partial charge in [0, 0.05) is 6.08 Å². The van der Waals surface area contributed by atoms with Gasteiger partial charge in [-0.15, -0.1) is 0 Å². The van der Waals surface area contributed by atoms with E-state index in [1.807, 2.05) is 6.08 Å². The van der Waals surface area contributed by atoms with Crippen LogP contribution in [0.25, 0.3) is 0 Å². The molecule has 1 atom stereocenters. The second-order valence-electron chi connectivity index (χ2n) is 3.85. The van der Waals surface area contributed by atoms with E-state index < -0.39 is 17.9 Å². The normalized spacial score (nSPS) is 13.1. The van der Waals surface area contributed by atoms with E-state index in [-0.39, 0.29) is 0 Å². The lowest BCUT2D eigenvalue weighted by atomic mass is 10.2. The molecule has 96 valence electrons. The molecule has 0 aromatic heterocycles. The predicted octanol–water partition coefficient (Wildman–Crippen LogP) is 2.27. The third-order valence-electron chi connectivity index (χ3n) is 2.20. The number of hydrogen-bond donors (Lipinski definition) is 2. The first-order valence-electron chi connectivity index (χ1n) is 5.94. The maximum absolute atomic E-state index is 11.2. The van der Waals surface area contributed by atoms with Gasteiger partial charge in [0.1, 0.15) is 6.04 Å². The molecule has 0 aliphatic carbocycles. The van der Waals surface area contributed by atoms with Crippen molar-refractivity contribution in [1.82, 2.24) is 5.32 Å². The van der Waals surface area contributed by atoms with Gasteiger partial charge in [0.25, 0.3) is 0 Å². The highest BCUT2D eigenvalue weighted by Crippen LogP contribution is 1.99. The maximum atomic E-state index is 11.2. The lowest BCUT2D eigenvalue weighted by molar-refractivity contribution is -0.140. The fourth-order valence-corrected chi connectivity index (χ4v) is 1.15. The fraction of sp³-hybridized carbons (Fsp3) is 0.538. The van der Waals surface area contributed by atoms with Crippen LogP contribution in [0, 0.1) is 0 Å². The fourth-order valence-electron chi connectivity index (χ4n) is 1.15. The minimum atomic E-state index is -1.04. The van der Waals surface area contributed by atoms with Crippen LogP contribution in [0.4, 0.5) is 0 Å². The average Bonchev–Trinajstić information content (AvgIpc) is 2.27. The van der Waals surface area contributed by atoms with E-state index in [0.717, 1.165) is 12.8 Å². The molecule has 0 fully saturated rings. The molecular weight excluding hydrogens is 218 g/mol. The molecule has 0 saturated heterocycles. The number of rotatable bonds is 8. The number of nitrogens with one attached hydrogen (secondary N) is 1. The summed E-state index contributed by atoms with van der Waals surface area (Å²) in [5.41, 5.74) is 0. The Hall–Kier alpha value is -1.58. The standard InChI is InChI=1S/C13H21NO3/c1-3-4-5-6-7-8-9-10-12(15)14-11(2)13(16)17/h7-11H,3-6H2,1-2H3,(H,14,15)(H,16,17)/b8-7+,10-9+/t11-/m0/s1. The van der Waals surface area contributed by atoms with E-state index in [0.29, 0.717) is 0 Å². The van der Waals surface area contributed by atoms with Crippen LogP contribution in [0.1, 0.15) is 39.5 Å². The molecule has 0 aromatic rings. The van der Waals surface area contributed by atoms with Crippen LogP contribution in [0.2, 0.25) is 0 Å². The zero-order valence-corrected chi connectivity index (χ0v) is 10.5. The van der Waals surface area contributed by atoms with Gasteiger partial charge in [-0.25, -0.2) is 0 Å². The number of unbranched alkanes of at least 4 members (excludes halogenated alkanes) is 3. The number of aliphatic carboxylic acids is 1. The Bertz CT molecular complexity index is 295. The van der Waals surface area contributed by atoms with Crippen LogP contribution in [0.5, 0.6) is 0 Å². The second kappa shape index (κ2) is 9.63. The summed E-state index contributed by atoms with van der Waals surface area (Å²) in [6.45, 7) is 3.58. The number of carbonyl (C=O) groups excluding carboxylic acids is 1. The summed E-state index contributed by atoms with van der Waals surface area (Å²) in [6, 6.07) is -0.860. The highest BCUT2D eigenvalue weighted by molar-refractivity contribution is 5.91. The molecule has 17 heavy (non-hydrogen) atoms. The number of hydrogen-bond acceptors (Lipinski definition) is 2. The molecule has 4 heteroatoms. The predicted molar refractivity (Wildman–Crippen MR) is 67.7 cm³/mol. The Labute approximate surface area is 102 Å². The molecule has 0 unspecified atom stereocenters. The molecule has 0 aromatic carbocycles. The lowest BCUT2D eigenvalue weighted by Gasteiger charge is -2.05. The minimum absolute atomic E-state index is 0.391. The van der Waals surface area contributed by atoms with Crippen LogP contribution in [-0.4, -0.2) is 23.0 Å². The number of allylic oxidation sites excluding steroid dienone is 3. The molecule has 0 saturated carbocycles. The zero-order valence-electron chi connectivity index (χ0n) is 10.5.